The van der Waals surface area contributed by atoms with Gasteiger partial charge in [0.15, 0.2) is 11.6 Å². The zero-order chi connectivity index (χ0) is 15.4. The molecule has 0 spiro atoms. The molecule has 3 rings (SSSR count). The Morgan fingerprint density at radius 3 is 2.73 bits per heavy atom. The van der Waals surface area contributed by atoms with Crippen LogP contribution in [0.2, 0.25) is 0 Å². The minimum atomic E-state index is 0.377. The number of hydrogen-bond acceptors (Lipinski definition) is 6. The number of nitrogen functional groups attached to an aromatic ring is 1. The average Bonchev–Trinajstić information content (AvgIpc) is 3.19. The Balaban J connectivity index is 1.66. The van der Waals surface area contributed by atoms with Crippen molar-refractivity contribution in [1.82, 2.24) is 29.5 Å². The molecule has 0 radical (unpaired) electrons. The summed E-state index contributed by atoms with van der Waals surface area (Å²) in [6.45, 7) is 3.71. The molecular formula is C14H18N8. The first-order chi connectivity index (χ1) is 10.7. The van der Waals surface area contributed by atoms with Gasteiger partial charge in [-0.1, -0.05) is 6.92 Å². The highest BCUT2D eigenvalue weighted by molar-refractivity contribution is 5.68. The first-order valence-corrected chi connectivity index (χ1v) is 7.06. The quantitative estimate of drug-likeness (QED) is 0.709. The van der Waals surface area contributed by atoms with Gasteiger partial charge in [0.25, 0.3) is 0 Å². The van der Waals surface area contributed by atoms with Crippen molar-refractivity contribution < 1.29 is 0 Å². The molecule has 22 heavy (non-hydrogen) atoms. The van der Waals surface area contributed by atoms with Crippen molar-refractivity contribution in [3.63, 3.8) is 0 Å². The first kappa shape index (κ1) is 14.1. The van der Waals surface area contributed by atoms with E-state index in [1.54, 1.807) is 23.3 Å². The van der Waals surface area contributed by atoms with E-state index in [4.69, 9.17) is 5.73 Å². The van der Waals surface area contributed by atoms with Gasteiger partial charge in [-0.25, -0.2) is 14.6 Å². The number of nitrogens with zero attached hydrogens (tertiary/aromatic N) is 6. The summed E-state index contributed by atoms with van der Waals surface area (Å²) in [7, 11) is 0. The molecule has 3 N–H and O–H groups in total. The van der Waals surface area contributed by atoms with Crippen LogP contribution >= 0.6 is 0 Å². The van der Waals surface area contributed by atoms with Gasteiger partial charge in [0.05, 0.1) is 0 Å². The van der Waals surface area contributed by atoms with Crippen LogP contribution in [0.1, 0.15) is 6.92 Å². The molecule has 0 amide bonds. The van der Waals surface area contributed by atoms with Gasteiger partial charge in [-0.2, -0.15) is 10.2 Å². The van der Waals surface area contributed by atoms with Gasteiger partial charge in [0, 0.05) is 37.9 Å². The van der Waals surface area contributed by atoms with E-state index in [1.807, 2.05) is 23.0 Å². The monoisotopic (exact) mass is 298 g/mol. The predicted octanol–water partition coefficient (Wildman–Crippen LogP) is 1.19. The lowest BCUT2D eigenvalue weighted by molar-refractivity contribution is 0.467. The number of hydrogen-bond donors (Lipinski definition) is 2. The molecule has 8 heteroatoms. The summed E-state index contributed by atoms with van der Waals surface area (Å²) in [5.41, 5.74) is 6.61. The normalized spacial score (nSPS) is 12.2. The molecule has 0 bridgehead atoms. The van der Waals surface area contributed by atoms with Crippen molar-refractivity contribution in [3.8, 4) is 5.82 Å². The van der Waals surface area contributed by atoms with Crippen LogP contribution in [0.3, 0.4) is 0 Å². The highest BCUT2D eigenvalue weighted by Gasteiger charge is 2.11. The fraction of sp³-hybridized carbons (Fsp3) is 0.286. The number of nitrogens with one attached hydrogen (secondary N) is 1. The van der Waals surface area contributed by atoms with Gasteiger partial charge >= 0.3 is 0 Å². The van der Waals surface area contributed by atoms with Crippen molar-refractivity contribution in [2.45, 2.75) is 13.5 Å². The van der Waals surface area contributed by atoms with Gasteiger partial charge < -0.3 is 11.1 Å². The summed E-state index contributed by atoms with van der Waals surface area (Å²) in [5, 5.41) is 11.6. The Hall–Kier alpha value is -2.90. The van der Waals surface area contributed by atoms with Gasteiger partial charge in [0.2, 0.25) is 0 Å². The number of rotatable bonds is 6. The second kappa shape index (κ2) is 6.25. The molecule has 3 aromatic rings. The van der Waals surface area contributed by atoms with E-state index in [2.05, 4.69) is 32.4 Å². The highest BCUT2D eigenvalue weighted by atomic mass is 15.3. The SMILES string of the molecule is C[C@H](CNc1ncnc(-n2cccn2)c1N)Cn1cccn1. The van der Waals surface area contributed by atoms with Crippen LogP contribution in [0.4, 0.5) is 11.5 Å². The van der Waals surface area contributed by atoms with Gasteiger partial charge in [-0.3, -0.25) is 4.68 Å². The minimum absolute atomic E-state index is 0.377. The highest BCUT2D eigenvalue weighted by Crippen LogP contribution is 2.21. The Labute approximate surface area is 128 Å². The zero-order valence-corrected chi connectivity index (χ0v) is 12.3. The molecular weight excluding hydrogens is 280 g/mol. The lowest BCUT2D eigenvalue weighted by atomic mass is 10.2. The van der Waals surface area contributed by atoms with Crippen LogP contribution < -0.4 is 11.1 Å². The summed E-state index contributed by atoms with van der Waals surface area (Å²) >= 11 is 0. The fourth-order valence-corrected chi connectivity index (χ4v) is 2.17. The average molecular weight is 298 g/mol. The smallest absolute Gasteiger partial charge is 0.181 e. The number of anilines is 2. The molecule has 8 nitrogen and oxygen atoms in total. The third-order valence-corrected chi connectivity index (χ3v) is 3.26. The Morgan fingerprint density at radius 2 is 2.00 bits per heavy atom. The van der Waals surface area contributed by atoms with Crippen molar-refractivity contribution in [2.24, 2.45) is 5.92 Å². The van der Waals surface area contributed by atoms with E-state index < -0.39 is 0 Å². The second-order valence-electron chi connectivity index (χ2n) is 5.12. The van der Waals surface area contributed by atoms with Crippen LogP contribution in [0, 0.1) is 5.92 Å². The molecule has 0 unspecified atom stereocenters. The fourth-order valence-electron chi connectivity index (χ4n) is 2.17. The Kier molecular flexibility index (Phi) is 3.99. The van der Waals surface area contributed by atoms with Gasteiger partial charge in [-0.05, 0) is 18.1 Å². The predicted molar refractivity (Wildman–Crippen MR) is 83.4 cm³/mol. The third kappa shape index (κ3) is 3.05. The molecule has 0 saturated carbocycles. The summed E-state index contributed by atoms with van der Waals surface area (Å²) in [5.74, 6) is 1.57. The molecule has 0 saturated heterocycles. The second-order valence-corrected chi connectivity index (χ2v) is 5.12. The first-order valence-electron chi connectivity index (χ1n) is 7.06. The van der Waals surface area contributed by atoms with Crippen LogP contribution in [-0.2, 0) is 6.54 Å². The van der Waals surface area contributed by atoms with Crippen molar-refractivity contribution >= 4 is 11.5 Å². The van der Waals surface area contributed by atoms with Crippen LogP contribution in [0.5, 0.6) is 0 Å². The zero-order valence-electron chi connectivity index (χ0n) is 12.3. The van der Waals surface area contributed by atoms with Crippen LogP contribution in [0.25, 0.3) is 5.82 Å². The maximum Gasteiger partial charge on any atom is 0.181 e. The molecule has 3 aromatic heterocycles. The number of nitrogens with two attached hydrogens (primary N) is 1. The van der Waals surface area contributed by atoms with E-state index in [9.17, 15) is 0 Å². The summed E-state index contributed by atoms with van der Waals surface area (Å²) in [4.78, 5) is 8.39. The van der Waals surface area contributed by atoms with Crippen LogP contribution in [-0.4, -0.2) is 36.1 Å². The van der Waals surface area contributed by atoms with Crippen molar-refractivity contribution in [1.29, 1.82) is 0 Å². The molecule has 0 aliphatic heterocycles. The lowest BCUT2D eigenvalue weighted by Crippen LogP contribution is -2.19. The van der Waals surface area contributed by atoms with E-state index in [0.717, 1.165) is 13.1 Å². The molecule has 0 aliphatic carbocycles. The van der Waals surface area contributed by atoms with Gasteiger partial charge in [0.1, 0.15) is 12.0 Å². The molecule has 1 atom stereocenters. The maximum atomic E-state index is 6.13. The van der Waals surface area contributed by atoms with E-state index in [-0.39, 0.29) is 0 Å². The molecule has 0 aliphatic rings. The van der Waals surface area contributed by atoms with Crippen molar-refractivity contribution in [2.75, 3.05) is 17.6 Å². The Morgan fingerprint density at radius 1 is 1.18 bits per heavy atom. The maximum absolute atomic E-state index is 6.13. The van der Waals surface area contributed by atoms with E-state index in [0.29, 0.717) is 23.2 Å². The molecule has 0 aromatic carbocycles. The minimum Gasteiger partial charge on any atom is -0.393 e. The number of aromatic nitrogens is 6. The lowest BCUT2D eigenvalue weighted by Gasteiger charge is -2.15. The van der Waals surface area contributed by atoms with Crippen molar-refractivity contribution in [3.05, 3.63) is 43.2 Å². The van der Waals surface area contributed by atoms with E-state index in [1.165, 1.54) is 6.33 Å². The molecule has 114 valence electrons. The summed E-state index contributed by atoms with van der Waals surface area (Å²) < 4.78 is 3.53. The summed E-state index contributed by atoms with van der Waals surface area (Å²) in [6, 6.07) is 3.74. The third-order valence-electron chi connectivity index (χ3n) is 3.26. The topological polar surface area (TPSA) is 99.5 Å². The standard InChI is InChI=1S/C14H18N8/c1-11(9-21-6-2-4-19-21)8-16-13-12(15)14(18-10-17-13)22-7-3-5-20-22/h2-7,10-11H,8-9,15H2,1H3,(H,16,17,18)/t11-/m1/s1. The van der Waals surface area contributed by atoms with Gasteiger partial charge in [-0.15, -0.1) is 0 Å². The largest absolute Gasteiger partial charge is 0.393 e. The van der Waals surface area contributed by atoms with E-state index >= 15 is 0 Å². The summed E-state index contributed by atoms with van der Waals surface area (Å²) in [6.07, 6.45) is 8.68. The molecule has 0 fully saturated rings. The Bertz CT molecular complexity index is 705. The molecule has 3 heterocycles. The van der Waals surface area contributed by atoms with Crippen LogP contribution in [0.15, 0.2) is 43.2 Å².